The van der Waals surface area contributed by atoms with Gasteiger partial charge in [-0.2, -0.15) is 4.31 Å². The molecule has 0 aromatic heterocycles. The Hall–Kier alpha value is -1.96. The Balaban J connectivity index is 1.97. The fraction of sp³-hybridized carbons (Fsp3) is 0.235. The van der Waals surface area contributed by atoms with Crippen molar-refractivity contribution in [1.82, 2.24) is 9.62 Å². The van der Waals surface area contributed by atoms with Crippen LogP contribution < -0.4 is 5.32 Å². The number of nitrogens with one attached hydrogen (secondary N) is 1. The van der Waals surface area contributed by atoms with E-state index in [4.69, 9.17) is 11.6 Å². The minimum Gasteiger partial charge on any atom is -0.351 e. The maximum Gasteiger partial charge on any atom is 0.235 e. The van der Waals surface area contributed by atoms with Crippen LogP contribution in [0.25, 0.3) is 0 Å². The molecule has 2 rings (SSSR count). The van der Waals surface area contributed by atoms with E-state index in [1.807, 2.05) is 0 Å². The Bertz CT molecular complexity index is 824. The van der Waals surface area contributed by atoms with Gasteiger partial charge in [0.1, 0.15) is 5.82 Å². The molecule has 25 heavy (non-hydrogen) atoms. The largest absolute Gasteiger partial charge is 0.351 e. The third kappa shape index (κ3) is 6.45. The predicted molar refractivity (Wildman–Crippen MR) is 95.0 cm³/mol. The molecule has 2 aromatic rings. The summed E-state index contributed by atoms with van der Waals surface area (Å²) in [6.07, 6.45) is 1.03. The van der Waals surface area contributed by atoms with Crippen molar-refractivity contribution in [3.8, 4) is 0 Å². The Morgan fingerprint density at radius 1 is 1.08 bits per heavy atom. The highest BCUT2D eigenvalue weighted by atomic mass is 35.5. The molecule has 8 heteroatoms. The number of halogens is 2. The molecule has 0 spiro atoms. The first-order chi connectivity index (χ1) is 11.7. The topological polar surface area (TPSA) is 66.5 Å². The number of hydrogen-bond donors (Lipinski definition) is 1. The smallest absolute Gasteiger partial charge is 0.235 e. The molecule has 0 aliphatic heterocycles. The van der Waals surface area contributed by atoms with Crippen molar-refractivity contribution in [2.45, 2.75) is 13.1 Å². The summed E-state index contributed by atoms with van der Waals surface area (Å²) in [5.74, 6) is -0.835. The molecule has 0 radical (unpaired) electrons. The standard InChI is InChI=1S/C17H18ClFN2O3S/c1-25(23,24)21(11-14-4-8-16(19)9-5-14)12-17(22)20-10-13-2-6-15(18)7-3-13/h2-9H,10-12H2,1H3,(H,20,22). The SMILES string of the molecule is CS(=O)(=O)N(CC(=O)NCc1ccc(Cl)cc1)Cc1ccc(F)cc1. The van der Waals surface area contributed by atoms with E-state index >= 15 is 0 Å². The Morgan fingerprint density at radius 3 is 2.20 bits per heavy atom. The summed E-state index contributed by atoms with van der Waals surface area (Å²) in [5.41, 5.74) is 1.44. The van der Waals surface area contributed by atoms with Gasteiger partial charge in [-0.1, -0.05) is 35.9 Å². The number of carbonyl (C=O) groups excluding carboxylic acids is 1. The first-order valence-corrected chi connectivity index (χ1v) is 9.67. The van der Waals surface area contributed by atoms with Crippen molar-refractivity contribution < 1.29 is 17.6 Å². The zero-order chi connectivity index (χ0) is 18.4. The van der Waals surface area contributed by atoms with Crippen molar-refractivity contribution in [2.75, 3.05) is 12.8 Å². The lowest BCUT2D eigenvalue weighted by atomic mass is 10.2. The van der Waals surface area contributed by atoms with Gasteiger partial charge < -0.3 is 5.32 Å². The molecular formula is C17H18ClFN2O3S. The molecule has 0 heterocycles. The van der Waals surface area contributed by atoms with Gasteiger partial charge >= 0.3 is 0 Å². The van der Waals surface area contributed by atoms with Crippen LogP contribution in [0, 0.1) is 5.82 Å². The maximum absolute atomic E-state index is 13.0. The zero-order valence-corrected chi connectivity index (χ0v) is 15.1. The van der Waals surface area contributed by atoms with Crippen LogP contribution in [0.3, 0.4) is 0 Å². The summed E-state index contributed by atoms with van der Waals surface area (Å²) in [4.78, 5) is 12.1. The normalized spacial score (nSPS) is 11.5. The Labute approximate surface area is 151 Å². The lowest BCUT2D eigenvalue weighted by Gasteiger charge is -2.19. The van der Waals surface area contributed by atoms with Crippen LogP contribution in [0.2, 0.25) is 5.02 Å². The van der Waals surface area contributed by atoms with Crippen LogP contribution in [0.15, 0.2) is 48.5 Å². The van der Waals surface area contributed by atoms with Crippen molar-refractivity contribution in [3.63, 3.8) is 0 Å². The van der Waals surface area contributed by atoms with Gasteiger partial charge in [-0.15, -0.1) is 0 Å². The third-order valence-corrected chi connectivity index (χ3v) is 4.91. The Kier molecular flexibility index (Phi) is 6.52. The molecular weight excluding hydrogens is 367 g/mol. The van der Waals surface area contributed by atoms with Gasteiger partial charge in [-0.05, 0) is 35.4 Å². The van der Waals surface area contributed by atoms with E-state index in [2.05, 4.69) is 5.32 Å². The van der Waals surface area contributed by atoms with Gasteiger partial charge in [-0.3, -0.25) is 4.79 Å². The van der Waals surface area contributed by atoms with Gasteiger partial charge in [0, 0.05) is 18.1 Å². The van der Waals surface area contributed by atoms with Gasteiger partial charge in [0.15, 0.2) is 0 Å². The third-order valence-electron chi connectivity index (χ3n) is 3.46. The number of carbonyl (C=O) groups is 1. The summed E-state index contributed by atoms with van der Waals surface area (Å²) in [6.45, 7) is -0.0541. The monoisotopic (exact) mass is 384 g/mol. The number of sulfonamides is 1. The molecule has 0 saturated carbocycles. The average molecular weight is 385 g/mol. The summed E-state index contributed by atoms with van der Waals surface area (Å²) in [6, 6.07) is 12.4. The molecule has 0 aliphatic rings. The Morgan fingerprint density at radius 2 is 1.64 bits per heavy atom. The fourth-order valence-electron chi connectivity index (χ4n) is 2.10. The molecule has 1 N–H and O–H groups in total. The molecule has 0 fully saturated rings. The minimum atomic E-state index is -3.60. The fourth-order valence-corrected chi connectivity index (χ4v) is 2.96. The summed E-state index contributed by atoms with van der Waals surface area (Å²) >= 11 is 5.80. The van der Waals surface area contributed by atoms with Crippen molar-refractivity contribution in [3.05, 3.63) is 70.5 Å². The van der Waals surface area contributed by atoms with Crippen LogP contribution in [-0.4, -0.2) is 31.4 Å². The van der Waals surface area contributed by atoms with E-state index < -0.39 is 21.7 Å². The highest BCUT2D eigenvalue weighted by Crippen LogP contribution is 2.11. The first-order valence-electron chi connectivity index (χ1n) is 7.45. The second kappa shape index (κ2) is 8.42. The van der Waals surface area contributed by atoms with E-state index in [-0.39, 0.29) is 19.6 Å². The van der Waals surface area contributed by atoms with Crippen LogP contribution in [0.1, 0.15) is 11.1 Å². The van der Waals surface area contributed by atoms with Crippen LogP contribution >= 0.6 is 11.6 Å². The summed E-state index contributed by atoms with van der Waals surface area (Å²) in [7, 11) is -3.60. The molecule has 134 valence electrons. The van der Waals surface area contributed by atoms with E-state index in [1.54, 1.807) is 24.3 Å². The van der Waals surface area contributed by atoms with Gasteiger partial charge in [0.2, 0.25) is 15.9 Å². The number of nitrogens with zero attached hydrogens (tertiary/aromatic N) is 1. The molecule has 0 aliphatic carbocycles. The van der Waals surface area contributed by atoms with Crippen molar-refractivity contribution in [1.29, 1.82) is 0 Å². The lowest BCUT2D eigenvalue weighted by Crippen LogP contribution is -2.39. The molecule has 1 amide bonds. The second-order valence-corrected chi connectivity index (χ2v) is 7.98. The van der Waals surface area contributed by atoms with Crippen LogP contribution in [0.4, 0.5) is 4.39 Å². The van der Waals surface area contributed by atoms with Crippen LogP contribution in [-0.2, 0) is 27.9 Å². The van der Waals surface area contributed by atoms with Gasteiger partial charge in [0.05, 0.1) is 12.8 Å². The first kappa shape index (κ1) is 19.4. The number of amides is 1. The second-order valence-electron chi connectivity index (χ2n) is 5.56. The zero-order valence-electron chi connectivity index (χ0n) is 13.6. The number of hydrogen-bond acceptors (Lipinski definition) is 3. The number of benzene rings is 2. The minimum absolute atomic E-state index is 0.00647. The van der Waals surface area contributed by atoms with Gasteiger partial charge in [-0.25, -0.2) is 12.8 Å². The molecule has 5 nitrogen and oxygen atoms in total. The molecule has 0 atom stereocenters. The van der Waals surface area contributed by atoms with E-state index in [9.17, 15) is 17.6 Å². The highest BCUT2D eigenvalue weighted by Gasteiger charge is 2.20. The van der Waals surface area contributed by atoms with Crippen molar-refractivity contribution >= 4 is 27.5 Å². The highest BCUT2D eigenvalue weighted by molar-refractivity contribution is 7.88. The molecule has 0 bridgehead atoms. The van der Waals surface area contributed by atoms with Crippen molar-refractivity contribution in [2.24, 2.45) is 0 Å². The molecule has 2 aromatic carbocycles. The molecule has 0 unspecified atom stereocenters. The average Bonchev–Trinajstić information content (AvgIpc) is 2.55. The quantitative estimate of drug-likeness (QED) is 0.797. The maximum atomic E-state index is 13.0. The lowest BCUT2D eigenvalue weighted by molar-refractivity contribution is -0.121. The number of rotatable bonds is 7. The summed E-state index contributed by atoms with van der Waals surface area (Å²) in [5, 5.41) is 3.26. The van der Waals surface area contributed by atoms with Gasteiger partial charge in [0.25, 0.3) is 0 Å². The van der Waals surface area contributed by atoms with Crippen LogP contribution in [0.5, 0.6) is 0 Å². The molecule has 0 saturated heterocycles. The van der Waals surface area contributed by atoms with E-state index in [1.165, 1.54) is 24.3 Å². The van der Waals surface area contributed by atoms with E-state index in [0.717, 1.165) is 16.1 Å². The van der Waals surface area contributed by atoms with E-state index in [0.29, 0.717) is 10.6 Å². The predicted octanol–water partition coefficient (Wildman–Crippen LogP) is 2.56. The summed E-state index contributed by atoms with van der Waals surface area (Å²) < 4.78 is 37.8.